The van der Waals surface area contributed by atoms with Gasteiger partial charge in [-0.1, -0.05) is 19.3 Å². The van der Waals surface area contributed by atoms with Crippen molar-refractivity contribution in [2.45, 2.75) is 57.9 Å². The highest BCUT2D eigenvalue weighted by Gasteiger charge is 2.21. The van der Waals surface area contributed by atoms with E-state index in [1.54, 1.807) is 0 Å². The molecule has 5 heteroatoms. The molecule has 1 aromatic rings. The number of nitrogens with zero attached hydrogens (tertiary/aromatic N) is 3. The lowest BCUT2D eigenvalue weighted by Gasteiger charge is -2.25. The molecule has 0 atom stereocenters. The quantitative estimate of drug-likeness (QED) is 0.870. The van der Waals surface area contributed by atoms with Crippen molar-refractivity contribution in [1.29, 1.82) is 0 Å². The lowest BCUT2D eigenvalue weighted by atomic mass is 9.95. The van der Waals surface area contributed by atoms with Crippen LogP contribution in [0.2, 0.25) is 0 Å². The van der Waals surface area contributed by atoms with Gasteiger partial charge in [-0.25, -0.2) is 0 Å². The van der Waals surface area contributed by atoms with Gasteiger partial charge in [-0.3, -0.25) is 4.79 Å². The van der Waals surface area contributed by atoms with Gasteiger partial charge in [0.2, 0.25) is 0 Å². The molecule has 2 rings (SSSR count). The maximum absolute atomic E-state index is 10.6. The van der Waals surface area contributed by atoms with Crippen LogP contribution in [0.1, 0.15) is 56.2 Å². The Morgan fingerprint density at radius 1 is 1.35 bits per heavy atom. The van der Waals surface area contributed by atoms with Gasteiger partial charge in [0.25, 0.3) is 0 Å². The number of carboxylic acid groups (broad SMARTS) is 1. The fraction of sp³-hybridized carbons (Fsp3) is 0.750. The maximum atomic E-state index is 10.6. The van der Waals surface area contributed by atoms with E-state index in [9.17, 15) is 4.79 Å². The zero-order valence-corrected chi connectivity index (χ0v) is 10.2. The molecule has 0 aliphatic heterocycles. The molecule has 5 nitrogen and oxygen atoms in total. The molecule has 0 radical (unpaired) electrons. The summed E-state index contributed by atoms with van der Waals surface area (Å²) in [5, 5.41) is 16.9. The van der Waals surface area contributed by atoms with Gasteiger partial charge in [0.15, 0.2) is 0 Å². The van der Waals surface area contributed by atoms with Crippen LogP contribution in [-0.4, -0.2) is 25.8 Å². The Labute approximate surface area is 101 Å². The molecular weight excluding hydrogens is 218 g/mol. The van der Waals surface area contributed by atoms with E-state index in [1.165, 1.54) is 32.1 Å². The highest BCUT2D eigenvalue weighted by Crippen LogP contribution is 2.29. The number of hydrogen-bond acceptors (Lipinski definition) is 3. The second kappa shape index (κ2) is 5.29. The lowest BCUT2D eigenvalue weighted by Crippen LogP contribution is -2.17. The molecule has 0 aromatic carbocycles. The highest BCUT2D eigenvalue weighted by molar-refractivity contribution is 5.66. The van der Waals surface area contributed by atoms with Gasteiger partial charge in [0.05, 0.1) is 6.42 Å². The van der Waals surface area contributed by atoms with Crippen molar-refractivity contribution in [1.82, 2.24) is 14.8 Å². The average molecular weight is 237 g/mol. The first-order chi connectivity index (χ1) is 8.18. The van der Waals surface area contributed by atoms with Crippen LogP contribution in [0.5, 0.6) is 0 Å². The Kier molecular flexibility index (Phi) is 3.76. The zero-order chi connectivity index (χ0) is 12.3. The predicted octanol–water partition coefficient (Wildman–Crippen LogP) is 2.11. The van der Waals surface area contributed by atoms with Crippen LogP contribution in [0, 0.1) is 6.92 Å². The molecule has 1 aliphatic carbocycles. The van der Waals surface area contributed by atoms with Crippen LogP contribution in [0.3, 0.4) is 0 Å². The Morgan fingerprint density at radius 2 is 2.06 bits per heavy atom. The summed E-state index contributed by atoms with van der Waals surface area (Å²) in [7, 11) is 0. The molecule has 1 aliphatic rings. The molecule has 0 spiro atoms. The van der Waals surface area contributed by atoms with Gasteiger partial charge in [0, 0.05) is 12.5 Å². The second-order valence-electron chi connectivity index (χ2n) is 4.72. The fourth-order valence-corrected chi connectivity index (χ4v) is 2.62. The first-order valence-corrected chi connectivity index (χ1v) is 6.30. The van der Waals surface area contributed by atoms with Gasteiger partial charge in [-0.2, -0.15) is 0 Å². The number of hydrogen-bond donors (Lipinski definition) is 1. The topological polar surface area (TPSA) is 68.0 Å². The molecule has 0 amide bonds. The standard InChI is InChI=1S/C12H19N3O2/c1-9-13-14-11(7-8-12(16)17)15(9)10-5-3-2-4-6-10/h10H,2-8H2,1H3,(H,16,17). The summed E-state index contributed by atoms with van der Waals surface area (Å²) < 4.78 is 2.15. The van der Waals surface area contributed by atoms with E-state index in [0.717, 1.165) is 11.6 Å². The molecular formula is C12H19N3O2. The van der Waals surface area contributed by atoms with E-state index in [1.807, 2.05) is 6.92 Å². The van der Waals surface area contributed by atoms with Crippen LogP contribution in [0.4, 0.5) is 0 Å². The van der Waals surface area contributed by atoms with Gasteiger partial charge in [0.1, 0.15) is 11.6 Å². The number of aromatic nitrogens is 3. The summed E-state index contributed by atoms with van der Waals surface area (Å²) in [5.74, 6) is 0.968. The van der Waals surface area contributed by atoms with E-state index in [-0.39, 0.29) is 6.42 Å². The smallest absolute Gasteiger partial charge is 0.303 e. The summed E-state index contributed by atoms with van der Waals surface area (Å²) in [6, 6.07) is 0.475. The summed E-state index contributed by atoms with van der Waals surface area (Å²) in [4.78, 5) is 10.6. The number of aryl methyl sites for hydroxylation is 2. The third kappa shape index (κ3) is 2.84. The number of aliphatic carboxylic acids is 1. The molecule has 1 saturated carbocycles. The molecule has 1 aromatic heterocycles. The largest absolute Gasteiger partial charge is 0.481 e. The summed E-state index contributed by atoms with van der Waals surface area (Å²) in [6.45, 7) is 1.95. The molecule has 17 heavy (non-hydrogen) atoms. The zero-order valence-electron chi connectivity index (χ0n) is 10.2. The minimum absolute atomic E-state index is 0.130. The highest BCUT2D eigenvalue weighted by atomic mass is 16.4. The van der Waals surface area contributed by atoms with Crippen molar-refractivity contribution in [2.75, 3.05) is 0 Å². The SMILES string of the molecule is Cc1nnc(CCC(=O)O)n1C1CCCCC1. The third-order valence-corrected chi connectivity index (χ3v) is 3.44. The monoisotopic (exact) mass is 237 g/mol. The average Bonchev–Trinajstić information content (AvgIpc) is 2.69. The molecule has 0 bridgehead atoms. The van der Waals surface area contributed by atoms with Gasteiger partial charge < -0.3 is 9.67 Å². The van der Waals surface area contributed by atoms with Crippen LogP contribution >= 0.6 is 0 Å². The van der Waals surface area contributed by atoms with E-state index in [4.69, 9.17) is 5.11 Å². The molecule has 1 heterocycles. The van der Waals surface area contributed by atoms with E-state index in [0.29, 0.717) is 12.5 Å². The van der Waals surface area contributed by atoms with E-state index >= 15 is 0 Å². The van der Waals surface area contributed by atoms with Crippen molar-refractivity contribution < 1.29 is 9.90 Å². The van der Waals surface area contributed by atoms with Crippen molar-refractivity contribution in [2.24, 2.45) is 0 Å². The van der Waals surface area contributed by atoms with E-state index < -0.39 is 5.97 Å². The van der Waals surface area contributed by atoms with Crippen molar-refractivity contribution in [3.05, 3.63) is 11.6 Å². The fourth-order valence-electron chi connectivity index (χ4n) is 2.62. The number of carboxylic acids is 1. The Hall–Kier alpha value is -1.39. The van der Waals surface area contributed by atoms with Gasteiger partial charge >= 0.3 is 5.97 Å². The van der Waals surface area contributed by atoms with Gasteiger partial charge in [-0.15, -0.1) is 10.2 Å². The predicted molar refractivity (Wildman–Crippen MR) is 62.8 cm³/mol. The van der Waals surface area contributed by atoms with Crippen LogP contribution in [0.15, 0.2) is 0 Å². The Morgan fingerprint density at radius 3 is 2.71 bits per heavy atom. The van der Waals surface area contributed by atoms with Crippen LogP contribution < -0.4 is 0 Å². The molecule has 1 fully saturated rings. The minimum Gasteiger partial charge on any atom is -0.481 e. The normalized spacial score (nSPS) is 17.2. The van der Waals surface area contributed by atoms with Crippen molar-refractivity contribution in [3.8, 4) is 0 Å². The van der Waals surface area contributed by atoms with Crippen LogP contribution in [0.25, 0.3) is 0 Å². The van der Waals surface area contributed by atoms with Gasteiger partial charge in [-0.05, 0) is 19.8 Å². The molecule has 0 unspecified atom stereocenters. The minimum atomic E-state index is -0.777. The number of carbonyl (C=O) groups is 1. The van der Waals surface area contributed by atoms with E-state index in [2.05, 4.69) is 14.8 Å². The maximum Gasteiger partial charge on any atom is 0.303 e. The Bertz CT molecular complexity index is 394. The summed E-state index contributed by atoms with van der Waals surface area (Å²) >= 11 is 0. The second-order valence-corrected chi connectivity index (χ2v) is 4.72. The first kappa shape index (κ1) is 12.1. The summed E-state index contributed by atoms with van der Waals surface area (Å²) in [5.41, 5.74) is 0. The number of rotatable bonds is 4. The van der Waals surface area contributed by atoms with Crippen molar-refractivity contribution >= 4 is 5.97 Å². The van der Waals surface area contributed by atoms with Crippen molar-refractivity contribution in [3.63, 3.8) is 0 Å². The molecule has 1 N–H and O–H groups in total. The first-order valence-electron chi connectivity index (χ1n) is 6.30. The van der Waals surface area contributed by atoms with Crippen LogP contribution in [-0.2, 0) is 11.2 Å². The molecule has 0 saturated heterocycles. The third-order valence-electron chi connectivity index (χ3n) is 3.44. The Balaban J connectivity index is 2.13. The molecule has 94 valence electrons. The summed E-state index contributed by atoms with van der Waals surface area (Å²) in [6.07, 6.45) is 6.75. The lowest BCUT2D eigenvalue weighted by molar-refractivity contribution is -0.137.